The molecule has 0 spiro atoms. The van der Waals surface area contributed by atoms with E-state index in [0.29, 0.717) is 6.61 Å². The van der Waals surface area contributed by atoms with Crippen LogP contribution in [0.2, 0.25) is 0 Å². The molecule has 0 atom stereocenters. The van der Waals surface area contributed by atoms with Gasteiger partial charge in [0.2, 0.25) is 0 Å². The number of rotatable bonds is 5. The zero-order valence-corrected chi connectivity index (χ0v) is 8.54. The highest BCUT2D eigenvalue weighted by molar-refractivity contribution is 4.69. The molecule has 1 aliphatic heterocycles. The van der Waals surface area contributed by atoms with Crippen LogP contribution in [0.4, 0.5) is 0 Å². The SMILES string of the molecule is C=CCO[14CH2]CN1CCN(C)CC1. The molecule has 0 bridgehead atoms. The Bertz CT molecular complexity index is 142. The fraction of sp³-hybridized carbons (Fsp3) is 0.800. The van der Waals surface area contributed by atoms with Crippen LogP contribution >= 0.6 is 0 Å². The van der Waals surface area contributed by atoms with E-state index in [1.165, 1.54) is 26.2 Å². The van der Waals surface area contributed by atoms with Crippen LogP contribution in [0.25, 0.3) is 0 Å². The maximum atomic E-state index is 5.34. The first kappa shape index (κ1) is 10.7. The lowest BCUT2D eigenvalue weighted by Gasteiger charge is -2.32. The Morgan fingerprint density at radius 1 is 1.38 bits per heavy atom. The summed E-state index contributed by atoms with van der Waals surface area (Å²) in [6.45, 7) is 10.9. The van der Waals surface area contributed by atoms with Gasteiger partial charge in [0.05, 0.1) is 13.2 Å². The van der Waals surface area contributed by atoms with Crippen molar-refractivity contribution in [2.45, 2.75) is 0 Å². The molecule has 1 fully saturated rings. The molecule has 76 valence electrons. The third kappa shape index (κ3) is 4.41. The van der Waals surface area contributed by atoms with Gasteiger partial charge in [-0.2, -0.15) is 0 Å². The van der Waals surface area contributed by atoms with Gasteiger partial charge in [-0.1, -0.05) is 6.08 Å². The average Bonchev–Trinajstić information content (AvgIpc) is 2.15. The molecule has 0 unspecified atom stereocenters. The van der Waals surface area contributed by atoms with Gasteiger partial charge in [-0.15, -0.1) is 6.58 Å². The lowest BCUT2D eigenvalue weighted by molar-refractivity contribution is 0.0947. The van der Waals surface area contributed by atoms with Crippen LogP contribution in [0.3, 0.4) is 0 Å². The minimum atomic E-state index is 0.674. The van der Waals surface area contributed by atoms with E-state index in [2.05, 4.69) is 23.4 Å². The van der Waals surface area contributed by atoms with Crippen LogP contribution in [-0.2, 0) is 4.74 Å². The van der Waals surface area contributed by atoms with Crippen LogP contribution in [0, 0.1) is 0 Å². The number of nitrogens with zero attached hydrogens (tertiary/aromatic N) is 2. The van der Waals surface area contributed by atoms with Crippen molar-refractivity contribution in [3.05, 3.63) is 12.7 Å². The third-order valence-corrected chi connectivity index (χ3v) is 2.38. The van der Waals surface area contributed by atoms with E-state index in [0.717, 1.165) is 13.2 Å². The molecular weight excluding hydrogens is 166 g/mol. The average molecular weight is 186 g/mol. The fourth-order valence-electron chi connectivity index (χ4n) is 1.43. The van der Waals surface area contributed by atoms with Crippen LogP contribution in [0.15, 0.2) is 12.7 Å². The fourth-order valence-corrected chi connectivity index (χ4v) is 1.43. The zero-order chi connectivity index (χ0) is 9.52. The molecule has 1 aliphatic rings. The van der Waals surface area contributed by atoms with Crippen molar-refractivity contribution in [1.29, 1.82) is 0 Å². The summed E-state index contributed by atoms with van der Waals surface area (Å²) in [7, 11) is 2.17. The second-order valence-electron chi connectivity index (χ2n) is 3.51. The second kappa shape index (κ2) is 6.13. The highest BCUT2D eigenvalue weighted by atomic mass is 16.6. The van der Waals surface area contributed by atoms with E-state index in [1.807, 2.05) is 0 Å². The Morgan fingerprint density at radius 2 is 2.08 bits per heavy atom. The first-order valence-electron chi connectivity index (χ1n) is 4.92. The van der Waals surface area contributed by atoms with Crippen molar-refractivity contribution in [2.24, 2.45) is 0 Å². The Morgan fingerprint density at radius 3 is 2.69 bits per heavy atom. The van der Waals surface area contributed by atoms with Gasteiger partial charge >= 0.3 is 0 Å². The molecule has 3 nitrogen and oxygen atoms in total. The summed E-state index contributed by atoms with van der Waals surface area (Å²) in [5.41, 5.74) is 0. The molecule has 1 rings (SSSR count). The van der Waals surface area contributed by atoms with Gasteiger partial charge in [0.25, 0.3) is 0 Å². The van der Waals surface area contributed by atoms with E-state index in [9.17, 15) is 0 Å². The van der Waals surface area contributed by atoms with E-state index in [1.54, 1.807) is 6.08 Å². The van der Waals surface area contributed by atoms with Gasteiger partial charge in [0.15, 0.2) is 0 Å². The molecule has 0 radical (unpaired) electrons. The molecule has 0 N–H and O–H groups in total. The van der Waals surface area contributed by atoms with Gasteiger partial charge in [0, 0.05) is 32.7 Å². The van der Waals surface area contributed by atoms with Crippen molar-refractivity contribution in [3.8, 4) is 0 Å². The molecule has 0 amide bonds. The van der Waals surface area contributed by atoms with Crippen molar-refractivity contribution in [3.63, 3.8) is 0 Å². The minimum absolute atomic E-state index is 0.674. The lowest BCUT2D eigenvalue weighted by atomic mass is 10.3. The van der Waals surface area contributed by atoms with Crippen LogP contribution in [0.5, 0.6) is 0 Å². The Kier molecular flexibility index (Phi) is 5.05. The Balaban J connectivity index is 1.99. The van der Waals surface area contributed by atoms with E-state index in [-0.39, 0.29) is 0 Å². The quantitative estimate of drug-likeness (QED) is 0.457. The van der Waals surface area contributed by atoms with Crippen molar-refractivity contribution >= 4 is 0 Å². The summed E-state index contributed by atoms with van der Waals surface area (Å²) in [6.07, 6.45) is 1.80. The first-order chi connectivity index (χ1) is 6.33. The summed E-state index contributed by atoms with van der Waals surface area (Å²) in [6, 6.07) is 0. The molecule has 3 heteroatoms. The molecule has 0 aliphatic carbocycles. The minimum Gasteiger partial charge on any atom is -0.376 e. The highest BCUT2D eigenvalue weighted by Gasteiger charge is 2.12. The number of ether oxygens (including phenoxy) is 1. The Labute approximate surface area is 81.0 Å². The predicted molar refractivity (Wildman–Crippen MR) is 55.0 cm³/mol. The number of likely N-dealkylation sites (N-methyl/N-ethyl adjacent to an activating group) is 1. The third-order valence-electron chi connectivity index (χ3n) is 2.38. The molecule has 1 heterocycles. The molecular formula is C10H20N2O. The zero-order valence-electron chi connectivity index (χ0n) is 8.54. The van der Waals surface area contributed by atoms with E-state index in [4.69, 9.17) is 4.74 Å². The van der Waals surface area contributed by atoms with Crippen molar-refractivity contribution in [1.82, 2.24) is 9.80 Å². The smallest absolute Gasteiger partial charge is 0.0645 e. The van der Waals surface area contributed by atoms with Gasteiger partial charge < -0.3 is 9.64 Å². The largest absolute Gasteiger partial charge is 0.376 e. The Hall–Kier alpha value is -0.380. The first-order valence-corrected chi connectivity index (χ1v) is 4.92. The topological polar surface area (TPSA) is 15.7 Å². The van der Waals surface area contributed by atoms with Crippen molar-refractivity contribution < 1.29 is 4.74 Å². The monoisotopic (exact) mass is 186 g/mol. The summed E-state index contributed by atoms with van der Waals surface area (Å²) < 4.78 is 5.34. The number of hydrogen-bond acceptors (Lipinski definition) is 3. The molecule has 0 aromatic carbocycles. The van der Waals surface area contributed by atoms with Crippen LogP contribution in [-0.4, -0.2) is 62.8 Å². The molecule has 0 aromatic rings. The second-order valence-corrected chi connectivity index (χ2v) is 3.51. The summed E-state index contributed by atoms with van der Waals surface area (Å²) in [5.74, 6) is 0. The molecule has 0 aromatic heterocycles. The maximum Gasteiger partial charge on any atom is 0.0645 e. The lowest BCUT2D eigenvalue weighted by Crippen LogP contribution is -2.45. The number of piperazine rings is 1. The van der Waals surface area contributed by atoms with Gasteiger partial charge in [0.1, 0.15) is 0 Å². The normalized spacial score (nSPS) is 20.4. The molecule has 13 heavy (non-hydrogen) atoms. The summed E-state index contributed by atoms with van der Waals surface area (Å²) in [5, 5.41) is 0. The summed E-state index contributed by atoms with van der Waals surface area (Å²) in [4.78, 5) is 4.81. The van der Waals surface area contributed by atoms with Gasteiger partial charge in [-0.3, -0.25) is 4.90 Å². The van der Waals surface area contributed by atoms with Gasteiger partial charge in [-0.05, 0) is 7.05 Å². The molecule has 1 saturated heterocycles. The van der Waals surface area contributed by atoms with Crippen LogP contribution < -0.4 is 0 Å². The van der Waals surface area contributed by atoms with E-state index < -0.39 is 0 Å². The molecule has 0 saturated carbocycles. The highest BCUT2D eigenvalue weighted by Crippen LogP contribution is 1.97. The van der Waals surface area contributed by atoms with Gasteiger partial charge in [-0.25, -0.2) is 0 Å². The van der Waals surface area contributed by atoms with E-state index >= 15 is 0 Å². The standard InChI is InChI=1S/C10H20N2O/c1-3-9-13-10-8-12-6-4-11(2)5-7-12/h3H,1,4-10H2,2H3/i10+2. The van der Waals surface area contributed by atoms with Crippen LogP contribution in [0.1, 0.15) is 0 Å². The summed E-state index contributed by atoms with van der Waals surface area (Å²) >= 11 is 0. The number of hydrogen-bond donors (Lipinski definition) is 0. The maximum absolute atomic E-state index is 5.34. The predicted octanol–water partition coefficient (Wildman–Crippen LogP) is 0.436. The van der Waals surface area contributed by atoms with Crippen molar-refractivity contribution in [2.75, 3.05) is 53.0 Å².